The van der Waals surface area contributed by atoms with E-state index in [0.29, 0.717) is 12.0 Å². The van der Waals surface area contributed by atoms with Crippen LogP contribution < -0.4 is 15.4 Å². The van der Waals surface area contributed by atoms with E-state index in [1.807, 2.05) is 12.1 Å². The lowest BCUT2D eigenvalue weighted by Gasteiger charge is -2.31. The maximum absolute atomic E-state index is 13.0. The Labute approximate surface area is 220 Å². The molecule has 6 heteroatoms. The van der Waals surface area contributed by atoms with Gasteiger partial charge in [-0.3, -0.25) is 4.79 Å². The summed E-state index contributed by atoms with van der Waals surface area (Å²) in [4.78, 5) is 13.5. The Bertz CT molecular complexity index is 1120. The Morgan fingerprint density at radius 2 is 1.59 bits per heavy atom. The van der Waals surface area contributed by atoms with Crippen LogP contribution in [0, 0.1) is 5.82 Å². The number of nitrogens with two attached hydrogens (primary N) is 1. The molecule has 1 atom stereocenters. The molecule has 2 N–H and O–H groups in total. The molecule has 5 nitrogen and oxygen atoms in total. The number of fused-ring (bicyclic) bond motifs is 1. The summed E-state index contributed by atoms with van der Waals surface area (Å²) in [6.07, 6.45) is 8.43. The number of benzene rings is 3. The van der Waals surface area contributed by atoms with Gasteiger partial charge >= 0.3 is 0 Å². The summed E-state index contributed by atoms with van der Waals surface area (Å²) in [5.74, 6) is 1.53. The van der Waals surface area contributed by atoms with Crippen LogP contribution >= 0.6 is 0 Å². The SMILES string of the molecule is CC(CCN1CCC1)c1ccc(OC2CC2)cc1.Fc1ccc2cc(N3CCCC3)ccc2c1.NC=O. The van der Waals surface area contributed by atoms with Crippen molar-refractivity contribution >= 4 is 22.9 Å². The highest BCUT2D eigenvalue weighted by Crippen LogP contribution is 2.29. The van der Waals surface area contributed by atoms with Gasteiger partial charge in [0.15, 0.2) is 0 Å². The first-order valence-corrected chi connectivity index (χ1v) is 13.6. The van der Waals surface area contributed by atoms with Gasteiger partial charge in [0.1, 0.15) is 11.6 Å². The third-order valence-corrected chi connectivity index (χ3v) is 7.36. The van der Waals surface area contributed by atoms with Crippen molar-refractivity contribution < 1.29 is 13.9 Å². The largest absolute Gasteiger partial charge is 0.490 e. The van der Waals surface area contributed by atoms with Crippen LogP contribution in [0.25, 0.3) is 10.8 Å². The van der Waals surface area contributed by atoms with Crippen LogP contribution in [0.15, 0.2) is 60.7 Å². The lowest BCUT2D eigenvalue weighted by atomic mass is 9.97. The molecule has 0 radical (unpaired) electrons. The Morgan fingerprint density at radius 1 is 0.946 bits per heavy atom. The van der Waals surface area contributed by atoms with Crippen LogP contribution in [0.5, 0.6) is 5.75 Å². The molecule has 1 amide bonds. The summed E-state index contributed by atoms with van der Waals surface area (Å²) in [7, 11) is 0. The number of primary amides is 1. The van der Waals surface area contributed by atoms with E-state index in [4.69, 9.17) is 9.53 Å². The number of carbonyl (C=O) groups excluding carboxylic acids is 1. The number of hydrogen-bond donors (Lipinski definition) is 1. The zero-order chi connectivity index (χ0) is 26.0. The van der Waals surface area contributed by atoms with Crippen molar-refractivity contribution in [3.63, 3.8) is 0 Å². The van der Waals surface area contributed by atoms with E-state index in [1.54, 1.807) is 6.07 Å². The van der Waals surface area contributed by atoms with Gasteiger partial charge in [-0.2, -0.15) is 0 Å². The topological polar surface area (TPSA) is 58.8 Å². The van der Waals surface area contributed by atoms with E-state index in [9.17, 15) is 4.39 Å². The van der Waals surface area contributed by atoms with E-state index >= 15 is 0 Å². The molecule has 3 fully saturated rings. The maximum Gasteiger partial charge on any atom is 0.204 e. The summed E-state index contributed by atoms with van der Waals surface area (Å²) in [6, 6.07) is 19.9. The van der Waals surface area contributed by atoms with Crippen LogP contribution in [0.1, 0.15) is 56.9 Å². The molecule has 37 heavy (non-hydrogen) atoms. The van der Waals surface area contributed by atoms with Crippen molar-refractivity contribution in [2.75, 3.05) is 37.6 Å². The lowest BCUT2D eigenvalue weighted by Crippen LogP contribution is -2.38. The molecule has 2 heterocycles. The first-order valence-electron chi connectivity index (χ1n) is 13.6. The van der Waals surface area contributed by atoms with Crippen molar-refractivity contribution in [1.82, 2.24) is 4.90 Å². The lowest BCUT2D eigenvalue weighted by molar-refractivity contribution is -0.106. The van der Waals surface area contributed by atoms with Gasteiger partial charge < -0.3 is 20.3 Å². The molecule has 198 valence electrons. The molecule has 0 aromatic heterocycles. The van der Waals surface area contributed by atoms with Crippen LogP contribution in [-0.2, 0) is 4.79 Å². The standard InChI is InChI=1S/C16H23NO.C14H14FN.CH3NO/c1-13(9-12-17-10-2-11-17)14-3-5-15(6-4-14)18-16-7-8-16;15-13-5-3-12-10-14(6-4-11(12)9-13)16-7-1-2-8-16;2-1-3/h3-6,13,16H,2,7-12H2,1H3;3-6,9-10H,1-2,7-8H2;1H,(H2,2,3). The predicted octanol–water partition coefficient (Wildman–Crippen LogP) is 6.11. The van der Waals surface area contributed by atoms with Crippen molar-refractivity contribution in [2.24, 2.45) is 5.73 Å². The quantitative estimate of drug-likeness (QED) is 0.394. The van der Waals surface area contributed by atoms with Gasteiger partial charge in [-0.1, -0.05) is 31.2 Å². The zero-order valence-electron chi connectivity index (χ0n) is 21.9. The summed E-state index contributed by atoms with van der Waals surface area (Å²) < 4.78 is 18.8. The summed E-state index contributed by atoms with van der Waals surface area (Å²) in [5, 5.41) is 2.09. The average molecular weight is 506 g/mol. The average Bonchev–Trinajstić information content (AvgIpc) is 3.52. The Balaban J connectivity index is 0.000000157. The molecule has 1 aliphatic carbocycles. The minimum atomic E-state index is -0.165. The number of anilines is 1. The normalized spacial score (nSPS) is 17.6. The van der Waals surface area contributed by atoms with E-state index < -0.39 is 0 Å². The molecule has 0 spiro atoms. The minimum absolute atomic E-state index is 0.165. The molecular weight excluding hydrogens is 465 g/mol. The highest BCUT2D eigenvalue weighted by atomic mass is 19.1. The first kappa shape index (κ1) is 26.9. The number of halogens is 1. The summed E-state index contributed by atoms with van der Waals surface area (Å²) in [6.45, 7) is 8.49. The molecular formula is C31H40FN3O2. The van der Waals surface area contributed by atoms with Crippen LogP contribution in [0.2, 0.25) is 0 Å². The smallest absolute Gasteiger partial charge is 0.204 e. The monoisotopic (exact) mass is 505 g/mol. The van der Waals surface area contributed by atoms with Gasteiger partial charge in [-0.05, 0) is 117 Å². The Kier molecular flexibility index (Phi) is 9.78. The summed E-state index contributed by atoms with van der Waals surface area (Å²) in [5.41, 5.74) is 6.87. The zero-order valence-corrected chi connectivity index (χ0v) is 21.9. The molecule has 1 saturated carbocycles. The van der Waals surface area contributed by atoms with Crippen molar-refractivity contribution in [3.05, 3.63) is 72.0 Å². The molecule has 2 saturated heterocycles. The third-order valence-electron chi connectivity index (χ3n) is 7.36. The highest BCUT2D eigenvalue weighted by molar-refractivity contribution is 5.86. The maximum atomic E-state index is 13.0. The van der Waals surface area contributed by atoms with Gasteiger partial charge in [0, 0.05) is 18.8 Å². The molecule has 0 bridgehead atoms. The second kappa shape index (κ2) is 13.4. The van der Waals surface area contributed by atoms with E-state index in [0.717, 1.165) is 29.6 Å². The fraction of sp³-hybridized carbons (Fsp3) is 0.452. The third kappa shape index (κ3) is 8.19. The second-order valence-corrected chi connectivity index (χ2v) is 10.3. The number of nitrogens with zero attached hydrogens (tertiary/aromatic N) is 2. The highest BCUT2D eigenvalue weighted by Gasteiger charge is 2.23. The fourth-order valence-electron chi connectivity index (χ4n) is 4.78. The van der Waals surface area contributed by atoms with Crippen LogP contribution in [0.3, 0.4) is 0 Å². The number of ether oxygens (including phenoxy) is 1. The number of rotatable bonds is 7. The fourth-order valence-corrected chi connectivity index (χ4v) is 4.78. The van der Waals surface area contributed by atoms with E-state index in [2.05, 4.69) is 58.9 Å². The van der Waals surface area contributed by atoms with Crippen LogP contribution in [0.4, 0.5) is 10.1 Å². The van der Waals surface area contributed by atoms with Gasteiger partial charge in [-0.15, -0.1) is 0 Å². The minimum Gasteiger partial charge on any atom is -0.490 e. The second-order valence-electron chi connectivity index (χ2n) is 10.3. The van der Waals surface area contributed by atoms with Gasteiger partial charge in [0.25, 0.3) is 0 Å². The summed E-state index contributed by atoms with van der Waals surface area (Å²) >= 11 is 0. The van der Waals surface area contributed by atoms with Crippen LogP contribution in [-0.4, -0.2) is 50.1 Å². The predicted molar refractivity (Wildman–Crippen MR) is 150 cm³/mol. The molecule has 1 unspecified atom stereocenters. The molecule has 3 aliphatic rings. The number of likely N-dealkylation sites (tertiary alicyclic amines) is 1. The number of amides is 1. The Morgan fingerprint density at radius 3 is 2.22 bits per heavy atom. The molecule has 3 aromatic rings. The number of hydrogen-bond acceptors (Lipinski definition) is 4. The van der Waals surface area contributed by atoms with Crippen molar-refractivity contribution in [2.45, 2.75) is 57.5 Å². The first-order chi connectivity index (χ1) is 18.1. The Hall–Kier alpha value is -3.12. The van der Waals surface area contributed by atoms with Crippen molar-refractivity contribution in [1.29, 1.82) is 0 Å². The van der Waals surface area contributed by atoms with Gasteiger partial charge in [0.05, 0.1) is 6.10 Å². The molecule has 2 aliphatic heterocycles. The van der Waals surface area contributed by atoms with Gasteiger partial charge in [0.2, 0.25) is 6.41 Å². The molecule has 6 rings (SSSR count). The number of carbonyl (C=O) groups is 1. The van der Waals surface area contributed by atoms with E-state index in [-0.39, 0.29) is 12.2 Å². The van der Waals surface area contributed by atoms with Gasteiger partial charge in [-0.25, -0.2) is 4.39 Å². The van der Waals surface area contributed by atoms with E-state index in [1.165, 1.54) is 75.5 Å². The van der Waals surface area contributed by atoms with Crippen molar-refractivity contribution in [3.8, 4) is 5.75 Å². The molecule has 3 aromatic carbocycles.